The number of hydrogen-bond donors (Lipinski definition) is 3. The summed E-state index contributed by atoms with van der Waals surface area (Å²) in [7, 11) is 0. The van der Waals surface area contributed by atoms with Crippen molar-refractivity contribution in [2.45, 2.75) is 39.7 Å². The first kappa shape index (κ1) is 15.7. The monoisotopic (exact) mass is 312 g/mol. The molecule has 5 nitrogen and oxygen atoms in total. The van der Waals surface area contributed by atoms with E-state index in [1.807, 2.05) is 32.9 Å². The molecular formula is C18H24N4O. The van der Waals surface area contributed by atoms with Gasteiger partial charge < -0.3 is 15.7 Å². The van der Waals surface area contributed by atoms with Crippen LogP contribution in [-0.2, 0) is 0 Å². The molecule has 0 radical (unpaired) electrons. The van der Waals surface area contributed by atoms with E-state index in [9.17, 15) is 5.11 Å². The number of benzene rings is 1. The maximum Gasteiger partial charge on any atom is 0.151 e. The van der Waals surface area contributed by atoms with E-state index in [0.717, 1.165) is 47.6 Å². The zero-order valence-electron chi connectivity index (χ0n) is 14.0. The minimum atomic E-state index is 0.258. The van der Waals surface area contributed by atoms with Crippen LogP contribution in [0.15, 0.2) is 18.2 Å². The largest absolute Gasteiger partial charge is 0.507 e. The van der Waals surface area contributed by atoms with Crippen LogP contribution in [0.5, 0.6) is 5.75 Å². The Balaban J connectivity index is 1.87. The number of piperidine rings is 1. The summed E-state index contributed by atoms with van der Waals surface area (Å²) in [6, 6.07) is 6.20. The molecule has 2 aromatic rings. The second-order valence-electron chi connectivity index (χ2n) is 6.42. The third-order valence-corrected chi connectivity index (χ3v) is 4.34. The Morgan fingerprint density at radius 3 is 2.61 bits per heavy atom. The van der Waals surface area contributed by atoms with E-state index in [-0.39, 0.29) is 5.75 Å². The number of aryl methyl sites for hydroxylation is 3. The summed E-state index contributed by atoms with van der Waals surface area (Å²) in [6.07, 6.45) is 2.33. The quantitative estimate of drug-likeness (QED) is 0.813. The Morgan fingerprint density at radius 2 is 1.96 bits per heavy atom. The number of nitrogens with one attached hydrogen (secondary N) is 2. The van der Waals surface area contributed by atoms with Crippen molar-refractivity contribution < 1.29 is 5.11 Å². The molecule has 0 spiro atoms. The van der Waals surface area contributed by atoms with Crippen LogP contribution in [0.4, 0.5) is 5.82 Å². The molecule has 1 atom stereocenters. The molecular weight excluding hydrogens is 288 g/mol. The van der Waals surface area contributed by atoms with Gasteiger partial charge in [0.05, 0.1) is 5.69 Å². The van der Waals surface area contributed by atoms with Crippen molar-refractivity contribution in [1.82, 2.24) is 15.5 Å². The van der Waals surface area contributed by atoms with Gasteiger partial charge in [-0.2, -0.15) is 0 Å². The number of anilines is 1. The Bertz CT molecular complexity index is 685. The molecule has 23 heavy (non-hydrogen) atoms. The molecule has 1 aromatic heterocycles. The second-order valence-corrected chi connectivity index (χ2v) is 6.42. The lowest BCUT2D eigenvalue weighted by atomic mass is 10.0. The molecule has 0 unspecified atom stereocenters. The van der Waals surface area contributed by atoms with Gasteiger partial charge in [-0.15, -0.1) is 10.2 Å². The third-order valence-electron chi connectivity index (χ3n) is 4.34. The van der Waals surface area contributed by atoms with Gasteiger partial charge in [0, 0.05) is 18.2 Å². The Labute approximate surface area is 137 Å². The third kappa shape index (κ3) is 3.45. The van der Waals surface area contributed by atoms with Crippen LogP contribution in [0.3, 0.4) is 0 Å². The standard InChI is InChI=1S/C18H24N4O/c1-11-7-12(2)17(16(23)8-11)15-9-13(3)18(22-21-15)20-14-5-4-6-19-10-14/h7-9,14,19,23H,4-6,10H2,1-3H3,(H,20,22)/t14-/m1/s1. The average molecular weight is 312 g/mol. The van der Waals surface area contributed by atoms with Gasteiger partial charge in [-0.1, -0.05) is 6.07 Å². The molecule has 1 saturated heterocycles. The normalized spacial score (nSPS) is 18.0. The van der Waals surface area contributed by atoms with Crippen molar-refractivity contribution in [2.75, 3.05) is 18.4 Å². The lowest BCUT2D eigenvalue weighted by molar-refractivity contribution is 0.476. The molecule has 0 amide bonds. The van der Waals surface area contributed by atoms with Crippen molar-refractivity contribution in [3.8, 4) is 17.0 Å². The van der Waals surface area contributed by atoms with Gasteiger partial charge in [0.25, 0.3) is 0 Å². The number of nitrogens with zero attached hydrogens (tertiary/aromatic N) is 2. The van der Waals surface area contributed by atoms with E-state index in [1.54, 1.807) is 6.07 Å². The molecule has 3 rings (SSSR count). The molecule has 0 aliphatic carbocycles. The number of aromatic hydroxyl groups is 1. The summed E-state index contributed by atoms with van der Waals surface area (Å²) < 4.78 is 0. The molecule has 122 valence electrons. The van der Waals surface area contributed by atoms with E-state index in [1.165, 1.54) is 6.42 Å². The van der Waals surface area contributed by atoms with E-state index >= 15 is 0 Å². The fourth-order valence-corrected chi connectivity index (χ4v) is 3.20. The van der Waals surface area contributed by atoms with Gasteiger partial charge >= 0.3 is 0 Å². The Kier molecular flexibility index (Phi) is 4.48. The minimum Gasteiger partial charge on any atom is -0.507 e. The van der Waals surface area contributed by atoms with E-state index < -0.39 is 0 Å². The predicted molar refractivity (Wildman–Crippen MR) is 92.9 cm³/mol. The van der Waals surface area contributed by atoms with E-state index in [0.29, 0.717) is 11.7 Å². The smallest absolute Gasteiger partial charge is 0.151 e. The average Bonchev–Trinajstić information content (AvgIpc) is 2.50. The number of rotatable bonds is 3. The minimum absolute atomic E-state index is 0.258. The van der Waals surface area contributed by atoms with Crippen molar-refractivity contribution in [3.05, 3.63) is 34.9 Å². The fraction of sp³-hybridized carbons (Fsp3) is 0.444. The van der Waals surface area contributed by atoms with Crippen LogP contribution < -0.4 is 10.6 Å². The van der Waals surface area contributed by atoms with E-state index in [4.69, 9.17) is 0 Å². The highest BCUT2D eigenvalue weighted by molar-refractivity contribution is 5.72. The van der Waals surface area contributed by atoms with Crippen LogP contribution in [0, 0.1) is 20.8 Å². The van der Waals surface area contributed by atoms with Crippen molar-refractivity contribution in [1.29, 1.82) is 0 Å². The lowest BCUT2D eigenvalue weighted by Crippen LogP contribution is -2.38. The zero-order valence-corrected chi connectivity index (χ0v) is 14.0. The molecule has 2 heterocycles. The Hall–Kier alpha value is -2.14. The summed E-state index contributed by atoms with van der Waals surface area (Å²) in [5, 5.41) is 25.8. The van der Waals surface area contributed by atoms with Crippen molar-refractivity contribution in [3.63, 3.8) is 0 Å². The summed E-state index contributed by atoms with van der Waals surface area (Å²) in [5.74, 6) is 1.08. The zero-order chi connectivity index (χ0) is 16.4. The predicted octanol–water partition coefficient (Wildman–Crippen LogP) is 2.94. The van der Waals surface area contributed by atoms with Gasteiger partial charge in [-0.3, -0.25) is 0 Å². The first-order valence-electron chi connectivity index (χ1n) is 8.17. The van der Waals surface area contributed by atoms with Gasteiger partial charge in [-0.25, -0.2) is 0 Å². The highest BCUT2D eigenvalue weighted by atomic mass is 16.3. The highest BCUT2D eigenvalue weighted by Gasteiger charge is 2.16. The van der Waals surface area contributed by atoms with Gasteiger partial charge in [0.1, 0.15) is 5.75 Å². The molecule has 0 bridgehead atoms. The molecule has 1 aromatic carbocycles. The van der Waals surface area contributed by atoms with Gasteiger partial charge in [0.15, 0.2) is 5.82 Å². The number of phenolic OH excluding ortho intramolecular Hbond substituents is 1. The number of hydrogen-bond acceptors (Lipinski definition) is 5. The maximum absolute atomic E-state index is 10.3. The molecule has 0 saturated carbocycles. The number of phenols is 1. The molecule has 1 aliphatic heterocycles. The fourth-order valence-electron chi connectivity index (χ4n) is 3.20. The van der Waals surface area contributed by atoms with Crippen LogP contribution in [0.2, 0.25) is 0 Å². The summed E-state index contributed by atoms with van der Waals surface area (Å²) in [4.78, 5) is 0. The molecule has 5 heteroatoms. The van der Waals surface area contributed by atoms with Crippen LogP contribution in [0.1, 0.15) is 29.5 Å². The van der Waals surface area contributed by atoms with Crippen LogP contribution in [-0.4, -0.2) is 34.4 Å². The summed E-state index contributed by atoms with van der Waals surface area (Å²) in [6.45, 7) is 8.03. The lowest BCUT2D eigenvalue weighted by Gasteiger charge is -2.24. The second kappa shape index (κ2) is 6.54. The van der Waals surface area contributed by atoms with Crippen LogP contribution in [0.25, 0.3) is 11.3 Å². The highest BCUT2D eigenvalue weighted by Crippen LogP contribution is 2.33. The van der Waals surface area contributed by atoms with Crippen LogP contribution >= 0.6 is 0 Å². The maximum atomic E-state index is 10.3. The Morgan fingerprint density at radius 1 is 1.13 bits per heavy atom. The van der Waals surface area contributed by atoms with Crippen molar-refractivity contribution in [2.24, 2.45) is 0 Å². The van der Waals surface area contributed by atoms with Gasteiger partial charge in [-0.05, 0) is 69.0 Å². The summed E-state index contributed by atoms with van der Waals surface area (Å²) >= 11 is 0. The molecule has 1 aliphatic rings. The molecule has 3 N–H and O–H groups in total. The van der Waals surface area contributed by atoms with Gasteiger partial charge in [0.2, 0.25) is 0 Å². The SMILES string of the molecule is Cc1cc(C)c(-c2cc(C)c(N[C@@H]3CCCNC3)nn2)c(O)c1. The topological polar surface area (TPSA) is 70.1 Å². The first-order valence-corrected chi connectivity index (χ1v) is 8.17. The summed E-state index contributed by atoms with van der Waals surface area (Å²) in [5.41, 5.74) is 4.56. The molecule has 1 fully saturated rings. The van der Waals surface area contributed by atoms with E-state index in [2.05, 4.69) is 20.8 Å². The first-order chi connectivity index (χ1) is 11.0. The van der Waals surface area contributed by atoms with Crippen molar-refractivity contribution >= 4 is 5.82 Å². The number of aromatic nitrogens is 2.